The number of hydrogen-bond acceptors (Lipinski definition) is 3. The second-order valence-corrected chi connectivity index (χ2v) is 4.49. The maximum Gasteiger partial charge on any atom is 0.198 e. The van der Waals surface area contributed by atoms with Crippen LogP contribution in [0.2, 0.25) is 0 Å². The topological polar surface area (TPSA) is 46.3 Å². The van der Waals surface area contributed by atoms with Gasteiger partial charge in [-0.25, -0.2) is 0 Å². The van der Waals surface area contributed by atoms with E-state index < -0.39 is 0 Å². The molecule has 0 bridgehead atoms. The SMILES string of the molecule is NC1CCN(CCCCCC[C]=O)CC1. The summed E-state index contributed by atoms with van der Waals surface area (Å²) in [7, 11) is 0. The Morgan fingerprint density at radius 3 is 2.47 bits per heavy atom. The number of piperidine rings is 1. The average molecular weight is 211 g/mol. The first-order chi connectivity index (χ1) is 7.33. The molecule has 15 heavy (non-hydrogen) atoms. The third-order valence-corrected chi connectivity index (χ3v) is 3.14. The van der Waals surface area contributed by atoms with Crippen molar-refractivity contribution in [2.45, 2.75) is 51.0 Å². The van der Waals surface area contributed by atoms with Crippen LogP contribution < -0.4 is 5.73 Å². The molecular formula is C12H23N2O. The molecule has 1 aliphatic heterocycles. The molecule has 0 atom stereocenters. The summed E-state index contributed by atoms with van der Waals surface area (Å²) >= 11 is 0. The summed E-state index contributed by atoms with van der Waals surface area (Å²) < 4.78 is 0. The largest absolute Gasteiger partial charge is 0.328 e. The molecule has 3 heteroatoms. The van der Waals surface area contributed by atoms with E-state index in [0.717, 1.165) is 19.3 Å². The Balaban J connectivity index is 1.89. The Hall–Kier alpha value is -0.410. The highest BCUT2D eigenvalue weighted by atomic mass is 16.1. The third-order valence-electron chi connectivity index (χ3n) is 3.14. The van der Waals surface area contributed by atoms with E-state index in [-0.39, 0.29) is 0 Å². The van der Waals surface area contributed by atoms with Gasteiger partial charge in [-0.1, -0.05) is 12.8 Å². The average Bonchev–Trinajstić information content (AvgIpc) is 2.26. The van der Waals surface area contributed by atoms with Crippen LogP contribution in [0, 0.1) is 0 Å². The summed E-state index contributed by atoms with van der Waals surface area (Å²) in [4.78, 5) is 12.5. The van der Waals surface area contributed by atoms with Gasteiger partial charge in [0.2, 0.25) is 0 Å². The van der Waals surface area contributed by atoms with Gasteiger partial charge < -0.3 is 10.6 Å². The quantitative estimate of drug-likeness (QED) is 0.649. The van der Waals surface area contributed by atoms with E-state index in [2.05, 4.69) is 4.90 Å². The molecule has 87 valence electrons. The van der Waals surface area contributed by atoms with Gasteiger partial charge in [-0.2, -0.15) is 0 Å². The Kier molecular flexibility index (Phi) is 6.60. The van der Waals surface area contributed by atoms with E-state index in [1.54, 1.807) is 0 Å². The molecule has 2 N–H and O–H groups in total. The second kappa shape index (κ2) is 7.83. The zero-order valence-electron chi connectivity index (χ0n) is 9.58. The minimum Gasteiger partial charge on any atom is -0.328 e. The number of hydrogen-bond donors (Lipinski definition) is 1. The highest BCUT2D eigenvalue weighted by Gasteiger charge is 2.14. The lowest BCUT2D eigenvalue weighted by Crippen LogP contribution is -2.39. The van der Waals surface area contributed by atoms with Crippen molar-refractivity contribution >= 4 is 6.29 Å². The number of likely N-dealkylation sites (tertiary alicyclic amines) is 1. The first kappa shape index (κ1) is 12.7. The van der Waals surface area contributed by atoms with E-state index in [9.17, 15) is 4.79 Å². The maximum atomic E-state index is 9.97. The van der Waals surface area contributed by atoms with E-state index >= 15 is 0 Å². The van der Waals surface area contributed by atoms with Crippen molar-refractivity contribution < 1.29 is 4.79 Å². The van der Waals surface area contributed by atoms with Crippen LogP contribution in [-0.2, 0) is 4.79 Å². The lowest BCUT2D eigenvalue weighted by Gasteiger charge is -2.29. The minimum absolute atomic E-state index is 0.435. The molecule has 3 nitrogen and oxygen atoms in total. The lowest BCUT2D eigenvalue weighted by molar-refractivity contribution is 0.209. The van der Waals surface area contributed by atoms with Gasteiger partial charge in [0, 0.05) is 12.5 Å². The summed E-state index contributed by atoms with van der Waals surface area (Å²) in [6.07, 6.45) is 9.53. The molecule has 0 aliphatic carbocycles. The molecular weight excluding hydrogens is 188 g/mol. The zero-order valence-corrected chi connectivity index (χ0v) is 9.58. The molecule has 1 heterocycles. The Labute approximate surface area is 93.0 Å². The van der Waals surface area contributed by atoms with Crippen LogP contribution in [0.15, 0.2) is 0 Å². The third kappa shape index (κ3) is 5.90. The summed E-state index contributed by atoms with van der Waals surface area (Å²) in [6.45, 7) is 3.55. The molecule has 0 saturated carbocycles. The number of carbonyl (C=O) groups excluding carboxylic acids is 1. The Bertz CT molecular complexity index is 165. The highest BCUT2D eigenvalue weighted by Crippen LogP contribution is 2.10. The van der Waals surface area contributed by atoms with E-state index in [4.69, 9.17) is 5.73 Å². The first-order valence-corrected chi connectivity index (χ1v) is 6.16. The van der Waals surface area contributed by atoms with Crippen molar-refractivity contribution in [2.24, 2.45) is 5.73 Å². The van der Waals surface area contributed by atoms with E-state index in [1.807, 2.05) is 6.29 Å². The predicted octanol–water partition coefficient (Wildman–Crippen LogP) is 1.47. The van der Waals surface area contributed by atoms with Gasteiger partial charge in [0.15, 0.2) is 6.29 Å². The van der Waals surface area contributed by atoms with Crippen LogP contribution in [0.4, 0.5) is 0 Å². The zero-order chi connectivity index (χ0) is 10.9. The van der Waals surface area contributed by atoms with Gasteiger partial charge >= 0.3 is 0 Å². The normalized spacial score (nSPS) is 19.3. The minimum atomic E-state index is 0.435. The van der Waals surface area contributed by atoms with Gasteiger partial charge in [-0.15, -0.1) is 0 Å². The van der Waals surface area contributed by atoms with Crippen molar-refractivity contribution in [2.75, 3.05) is 19.6 Å². The second-order valence-electron chi connectivity index (χ2n) is 4.49. The van der Waals surface area contributed by atoms with Gasteiger partial charge in [0.05, 0.1) is 0 Å². The fourth-order valence-corrected chi connectivity index (χ4v) is 2.06. The summed E-state index contributed by atoms with van der Waals surface area (Å²) in [5.41, 5.74) is 5.84. The molecule has 1 rings (SSSR count). The molecule has 0 unspecified atom stereocenters. The summed E-state index contributed by atoms with van der Waals surface area (Å²) in [5, 5.41) is 0. The molecule has 1 radical (unpaired) electrons. The number of nitrogens with zero attached hydrogens (tertiary/aromatic N) is 1. The Morgan fingerprint density at radius 1 is 1.13 bits per heavy atom. The van der Waals surface area contributed by atoms with Crippen LogP contribution in [0.3, 0.4) is 0 Å². The molecule has 0 amide bonds. The van der Waals surface area contributed by atoms with Crippen LogP contribution in [-0.4, -0.2) is 36.9 Å². The summed E-state index contributed by atoms with van der Waals surface area (Å²) in [5.74, 6) is 0. The number of rotatable bonds is 7. The summed E-state index contributed by atoms with van der Waals surface area (Å²) in [6, 6.07) is 0.435. The van der Waals surface area contributed by atoms with E-state index in [1.165, 1.54) is 38.9 Å². The van der Waals surface area contributed by atoms with Crippen molar-refractivity contribution in [1.29, 1.82) is 0 Å². The van der Waals surface area contributed by atoms with Crippen LogP contribution in [0.1, 0.15) is 44.9 Å². The van der Waals surface area contributed by atoms with Gasteiger partial charge in [-0.05, 0) is 45.3 Å². The molecule has 0 spiro atoms. The molecule has 1 fully saturated rings. The number of unbranched alkanes of at least 4 members (excludes halogenated alkanes) is 4. The van der Waals surface area contributed by atoms with Gasteiger partial charge in [0.1, 0.15) is 0 Å². The fourth-order valence-electron chi connectivity index (χ4n) is 2.06. The Morgan fingerprint density at radius 2 is 1.80 bits per heavy atom. The molecule has 0 aromatic heterocycles. The smallest absolute Gasteiger partial charge is 0.198 e. The lowest BCUT2D eigenvalue weighted by atomic mass is 10.1. The van der Waals surface area contributed by atoms with Crippen LogP contribution >= 0.6 is 0 Å². The van der Waals surface area contributed by atoms with Crippen molar-refractivity contribution in [3.63, 3.8) is 0 Å². The van der Waals surface area contributed by atoms with Gasteiger partial charge in [0.25, 0.3) is 0 Å². The molecule has 1 saturated heterocycles. The van der Waals surface area contributed by atoms with Crippen molar-refractivity contribution in [3.8, 4) is 0 Å². The first-order valence-electron chi connectivity index (χ1n) is 6.16. The molecule has 0 aromatic carbocycles. The van der Waals surface area contributed by atoms with Crippen molar-refractivity contribution in [3.05, 3.63) is 0 Å². The van der Waals surface area contributed by atoms with Gasteiger partial charge in [-0.3, -0.25) is 4.79 Å². The highest BCUT2D eigenvalue weighted by molar-refractivity contribution is 5.50. The van der Waals surface area contributed by atoms with Crippen LogP contribution in [0.25, 0.3) is 0 Å². The predicted molar refractivity (Wildman–Crippen MR) is 62.4 cm³/mol. The molecule has 0 aromatic rings. The maximum absolute atomic E-state index is 9.97. The standard InChI is InChI=1S/C12H23N2O/c13-12-6-9-14(10-7-12)8-4-2-1-3-5-11-15/h12H,1-10,13H2. The molecule has 1 aliphatic rings. The number of nitrogens with two attached hydrogens (primary N) is 1. The fraction of sp³-hybridized carbons (Fsp3) is 0.917. The van der Waals surface area contributed by atoms with E-state index in [0.29, 0.717) is 12.5 Å². The monoisotopic (exact) mass is 211 g/mol. The van der Waals surface area contributed by atoms with Crippen molar-refractivity contribution in [1.82, 2.24) is 4.90 Å². The van der Waals surface area contributed by atoms with Crippen LogP contribution in [0.5, 0.6) is 0 Å².